The van der Waals surface area contributed by atoms with Crippen molar-refractivity contribution < 1.29 is 9.15 Å². The van der Waals surface area contributed by atoms with Crippen LogP contribution >= 0.6 is 0 Å². The highest BCUT2D eigenvalue weighted by Gasteiger charge is 2.23. The molecular formula is C40H24O2. The van der Waals surface area contributed by atoms with E-state index in [1.54, 1.807) is 0 Å². The van der Waals surface area contributed by atoms with Crippen LogP contribution in [0.5, 0.6) is 11.5 Å². The monoisotopic (exact) mass is 536 g/mol. The molecule has 42 heavy (non-hydrogen) atoms. The van der Waals surface area contributed by atoms with E-state index in [-0.39, 0.29) is 0 Å². The second-order valence-electron chi connectivity index (χ2n) is 10.8. The predicted octanol–water partition coefficient (Wildman–Crippen LogP) is 11.5. The molecule has 0 fully saturated rings. The maximum atomic E-state index is 6.39. The zero-order valence-electron chi connectivity index (χ0n) is 22.7. The van der Waals surface area contributed by atoms with Gasteiger partial charge < -0.3 is 9.15 Å². The van der Waals surface area contributed by atoms with Gasteiger partial charge in [0.15, 0.2) is 0 Å². The standard InChI is InChI=1S/C40H24O2/c1-2-13-27(29-23-24-38-39-32(29)17-9-18-33(39)30-15-5-7-20-35(30)41-38)25(11-1)26-12-3-4-14-28(26)31-19-10-22-37-40(31)34-16-6-8-21-36(34)42-37/h1-24H. The first-order valence-electron chi connectivity index (χ1n) is 14.3. The molecule has 0 amide bonds. The maximum absolute atomic E-state index is 6.39. The van der Waals surface area contributed by atoms with Crippen molar-refractivity contribution in [3.63, 3.8) is 0 Å². The number of hydrogen-bond donors (Lipinski definition) is 0. The molecule has 0 N–H and O–H groups in total. The Morgan fingerprint density at radius 2 is 0.810 bits per heavy atom. The summed E-state index contributed by atoms with van der Waals surface area (Å²) in [5.74, 6) is 1.81. The van der Waals surface area contributed by atoms with Crippen molar-refractivity contribution >= 4 is 32.7 Å². The summed E-state index contributed by atoms with van der Waals surface area (Å²) in [6.07, 6.45) is 0. The molecule has 1 aliphatic heterocycles. The smallest absolute Gasteiger partial charge is 0.136 e. The van der Waals surface area contributed by atoms with Gasteiger partial charge in [-0.25, -0.2) is 0 Å². The lowest BCUT2D eigenvalue weighted by molar-refractivity contribution is 0.487. The van der Waals surface area contributed by atoms with Gasteiger partial charge in [-0.3, -0.25) is 0 Å². The summed E-state index contributed by atoms with van der Waals surface area (Å²) in [7, 11) is 0. The third-order valence-electron chi connectivity index (χ3n) is 8.53. The quantitative estimate of drug-likeness (QED) is 0.224. The lowest BCUT2D eigenvalue weighted by atomic mass is 9.85. The van der Waals surface area contributed by atoms with Crippen LogP contribution in [-0.4, -0.2) is 0 Å². The molecule has 196 valence electrons. The van der Waals surface area contributed by atoms with Crippen LogP contribution in [0, 0.1) is 0 Å². The Hall–Kier alpha value is -5.60. The molecule has 0 saturated heterocycles. The van der Waals surface area contributed by atoms with E-state index in [2.05, 4.69) is 121 Å². The maximum Gasteiger partial charge on any atom is 0.136 e. The summed E-state index contributed by atoms with van der Waals surface area (Å²) in [4.78, 5) is 0. The van der Waals surface area contributed by atoms with Crippen LogP contribution < -0.4 is 4.74 Å². The average Bonchev–Trinajstić information content (AvgIpc) is 3.44. The summed E-state index contributed by atoms with van der Waals surface area (Å²) in [6.45, 7) is 0. The van der Waals surface area contributed by atoms with Crippen molar-refractivity contribution in [1.82, 2.24) is 0 Å². The first-order valence-corrected chi connectivity index (χ1v) is 14.3. The van der Waals surface area contributed by atoms with Crippen LogP contribution in [0.2, 0.25) is 0 Å². The highest BCUT2D eigenvalue weighted by atomic mass is 16.5. The fourth-order valence-corrected chi connectivity index (χ4v) is 6.72. The number of para-hydroxylation sites is 2. The summed E-state index contributed by atoms with van der Waals surface area (Å²) in [5.41, 5.74) is 11.3. The molecule has 0 aliphatic carbocycles. The van der Waals surface area contributed by atoms with Gasteiger partial charge >= 0.3 is 0 Å². The topological polar surface area (TPSA) is 22.4 Å². The van der Waals surface area contributed by atoms with Crippen LogP contribution in [-0.2, 0) is 0 Å². The van der Waals surface area contributed by atoms with Crippen LogP contribution in [0.1, 0.15) is 0 Å². The minimum Gasteiger partial charge on any atom is -0.456 e. The Bertz CT molecular complexity index is 2340. The van der Waals surface area contributed by atoms with Gasteiger partial charge in [0.2, 0.25) is 0 Å². The number of benzene rings is 7. The zero-order valence-corrected chi connectivity index (χ0v) is 22.7. The van der Waals surface area contributed by atoms with Crippen LogP contribution in [0.3, 0.4) is 0 Å². The Labute approximate surface area is 243 Å². The fraction of sp³-hybridized carbons (Fsp3) is 0. The van der Waals surface area contributed by atoms with Crippen molar-refractivity contribution in [3.05, 3.63) is 146 Å². The first kappa shape index (κ1) is 23.1. The van der Waals surface area contributed by atoms with E-state index in [1.165, 1.54) is 44.3 Å². The summed E-state index contributed by atoms with van der Waals surface area (Å²) >= 11 is 0. The van der Waals surface area contributed by atoms with E-state index in [4.69, 9.17) is 9.15 Å². The van der Waals surface area contributed by atoms with Gasteiger partial charge in [0.05, 0.1) is 0 Å². The van der Waals surface area contributed by atoms with E-state index < -0.39 is 0 Å². The van der Waals surface area contributed by atoms with Gasteiger partial charge in [-0.1, -0.05) is 121 Å². The van der Waals surface area contributed by atoms with Crippen LogP contribution in [0.25, 0.3) is 77.2 Å². The molecule has 0 saturated carbocycles. The minimum atomic E-state index is 0.902. The van der Waals surface area contributed by atoms with Gasteiger partial charge in [0.1, 0.15) is 22.7 Å². The van der Waals surface area contributed by atoms with Crippen LogP contribution in [0.4, 0.5) is 0 Å². The predicted molar refractivity (Wildman–Crippen MR) is 173 cm³/mol. The molecule has 1 aromatic heterocycles. The second-order valence-corrected chi connectivity index (χ2v) is 10.8. The summed E-state index contributed by atoms with van der Waals surface area (Å²) in [6, 6.07) is 51.3. The normalized spacial score (nSPS) is 12.0. The van der Waals surface area contributed by atoms with Crippen LogP contribution in [0.15, 0.2) is 150 Å². The lowest BCUT2D eigenvalue weighted by Gasteiger charge is -2.23. The third kappa shape index (κ3) is 3.33. The lowest BCUT2D eigenvalue weighted by Crippen LogP contribution is -1.98. The number of furan rings is 1. The third-order valence-corrected chi connectivity index (χ3v) is 8.53. The van der Waals surface area contributed by atoms with Crippen molar-refractivity contribution in [2.24, 2.45) is 0 Å². The molecule has 2 heteroatoms. The van der Waals surface area contributed by atoms with Crippen molar-refractivity contribution in [2.45, 2.75) is 0 Å². The highest BCUT2D eigenvalue weighted by molar-refractivity contribution is 6.15. The number of rotatable bonds is 3. The van der Waals surface area contributed by atoms with Gasteiger partial charge in [-0.15, -0.1) is 0 Å². The highest BCUT2D eigenvalue weighted by Crippen LogP contribution is 2.50. The van der Waals surface area contributed by atoms with Gasteiger partial charge in [0, 0.05) is 21.7 Å². The van der Waals surface area contributed by atoms with Gasteiger partial charge in [-0.05, 0) is 68.6 Å². The Kier molecular flexibility index (Phi) is 4.93. The molecule has 2 nitrogen and oxygen atoms in total. The number of ether oxygens (including phenoxy) is 1. The fourth-order valence-electron chi connectivity index (χ4n) is 6.72. The second kappa shape index (κ2) is 8.95. The number of hydrogen-bond acceptors (Lipinski definition) is 2. The Morgan fingerprint density at radius 1 is 0.286 bits per heavy atom. The van der Waals surface area contributed by atoms with E-state index in [1.807, 2.05) is 24.3 Å². The summed E-state index contributed by atoms with van der Waals surface area (Å²) in [5, 5.41) is 4.63. The SMILES string of the molecule is c1ccc2c(c1)Oc1ccc(-c3ccccc3-c3ccccc3-c3cccc4oc5ccccc5c34)c3cccc-2c13. The average molecular weight is 537 g/mol. The largest absolute Gasteiger partial charge is 0.456 e. The molecule has 8 aromatic rings. The first-order chi connectivity index (χ1) is 20.8. The molecule has 0 spiro atoms. The molecule has 2 heterocycles. The molecule has 9 rings (SSSR count). The molecule has 1 aliphatic rings. The molecule has 0 radical (unpaired) electrons. The van der Waals surface area contributed by atoms with Crippen molar-refractivity contribution in [3.8, 4) is 56.0 Å². The summed E-state index contributed by atoms with van der Waals surface area (Å²) < 4.78 is 12.6. The van der Waals surface area contributed by atoms with E-state index in [9.17, 15) is 0 Å². The van der Waals surface area contributed by atoms with E-state index >= 15 is 0 Å². The van der Waals surface area contributed by atoms with E-state index in [0.717, 1.165) is 44.4 Å². The van der Waals surface area contributed by atoms with Gasteiger partial charge in [-0.2, -0.15) is 0 Å². The molecule has 0 bridgehead atoms. The molecule has 0 atom stereocenters. The number of fused-ring (bicyclic) bond motifs is 5. The molecule has 0 unspecified atom stereocenters. The molecule has 7 aromatic carbocycles. The molecular weight excluding hydrogens is 512 g/mol. The minimum absolute atomic E-state index is 0.902. The van der Waals surface area contributed by atoms with Crippen molar-refractivity contribution in [2.75, 3.05) is 0 Å². The Balaban J connectivity index is 1.29. The van der Waals surface area contributed by atoms with E-state index in [0.29, 0.717) is 0 Å². The Morgan fingerprint density at radius 3 is 1.60 bits per heavy atom. The zero-order chi connectivity index (χ0) is 27.6. The van der Waals surface area contributed by atoms with Crippen molar-refractivity contribution in [1.29, 1.82) is 0 Å². The van der Waals surface area contributed by atoms with Gasteiger partial charge in [0.25, 0.3) is 0 Å².